The van der Waals surface area contributed by atoms with Gasteiger partial charge in [0.15, 0.2) is 5.82 Å². The molecule has 0 atom stereocenters. The highest BCUT2D eigenvalue weighted by molar-refractivity contribution is 5.62. The molecule has 4 aromatic rings. The van der Waals surface area contributed by atoms with Gasteiger partial charge in [0.2, 0.25) is 17.5 Å². The van der Waals surface area contributed by atoms with Crippen LogP contribution < -0.4 is 0 Å². The van der Waals surface area contributed by atoms with Gasteiger partial charge in [0.1, 0.15) is 0 Å². The van der Waals surface area contributed by atoms with Crippen molar-refractivity contribution in [2.45, 2.75) is 18.8 Å². The minimum absolute atomic E-state index is 0.0726. The highest BCUT2D eigenvalue weighted by atomic mass is 19.4. The lowest BCUT2D eigenvalue weighted by Gasteiger charge is -1.97. The third kappa shape index (κ3) is 3.99. The summed E-state index contributed by atoms with van der Waals surface area (Å²) >= 11 is 0. The third-order valence-corrected chi connectivity index (χ3v) is 3.56. The van der Waals surface area contributed by atoms with Crippen molar-refractivity contribution in [2.75, 3.05) is 0 Å². The summed E-state index contributed by atoms with van der Waals surface area (Å²) in [7, 11) is 0. The van der Waals surface area contributed by atoms with Crippen molar-refractivity contribution in [3.05, 3.63) is 47.8 Å². The molecule has 0 aliphatic heterocycles. The predicted molar refractivity (Wildman–Crippen MR) is 80.1 cm³/mol. The lowest BCUT2D eigenvalue weighted by molar-refractivity contribution is -0.160. The second kappa shape index (κ2) is 6.93. The fourth-order valence-corrected chi connectivity index (χ4v) is 2.24. The van der Waals surface area contributed by atoms with Gasteiger partial charge in [-0.2, -0.15) is 41.3 Å². The van der Waals surface area contributed by atoms with Gasteiger partial charge in [0.25, 0.3) is 0 Å². The second-order valence-electron chi connectivity index (χ2n) is 5.70. The SMILES string of the molecule is FC(F)(F)c1nc(Cc2nc(-c3ccc(-c4noc(C(F)(F)F)n4)cc3)no2)no1. The molecule has 1 aromatic carbocycles. The molecule has 0 radical (unpaired) electrons. The van der Waals surface area contributed by atoms with Crippen molar-refractivity contribution in [1.82, 2.24) is 30.4 Å². The molecule has 0 bridgehead atoms. The van der Waals surface area contributed by atoms with E-state index >= 15 is 0 Å². The summed E-state index contributed by atoms with van der Waals surface area (Å²) in [6.07, 6.45) is -9.83. The first-order chi connectivity index (χ1) is 14.1. The van der Waals surface area contributed by atoms with Crippen molar-refractivity contribution in [2.24, 2.45) is 0 Å². The van der Waals surface area contributed by atoms with Crippen molar-refractivity contribution < 1.29 is 39.9 Å². The molecule has 0 amide bonds. The molecule has 0 fully saturated rings. The minimum atomic E-state index is -4.77. The van der Waals surface area contributed by atoms with Crippen LogP contribution in [0, 0.1) is 0 Å². The summed E-state index contributed by atoms with van der Waals surface area (Å²) in [6.45, 7) is 0. The van der Waals surface area contributed by atoms with E-state index in [0.29, 0.717) is 5.56 Å². The Balaban J connectivity index is 1.48. The van der Waals surface area contributed by atoms with E-state index in [1.807, 2.05) is 0 Å². The molecule has 30 heavy (non-hydrogen) atoms. The summed E-state index contributed by atoms with van der Waals surface area (Å²) < 4.78 is 88.2. The lowest BCUT2D eigenvalue weighted by atomic mass is 10.1. The Labute approximate surface area is 160 Å². The van der Waals surface area contributed by atoms with E-state index in [0.717, 1.165) is 0 Å². The average Bonchev–Trinajstić information content (AvgIpc) is 3.42. The standard InChI is InChI=1S/C15H6F6N6O3/c16-14(17,18)12-22-8(25-29-12)5-9-23-10(26-28-9)6-1-3-7(4-2-6)11-24-13(30-27-11)15(19,20)21/h1-4H,5H2. The molecule has 0 saturated carbocycles. The molecule has 0 aliphatic rings. The zero-order chi connectivity index (χ0) is 21.5. The first kappa shape index (κ1) is 19.5. The van der Waals surface area contributed by atoms with Gasteiger partial charge in [-0.05, 0) is 0 Å². The van der Waals surface area contributed by atoms with Gasteiger partial charge in [-0.1, -0.05) is 39.7 Å². The number of nitrogens with zero attached hydrogens (tertiary/aromatic N) is 6. The first-order valence-corrected chi connectivity index (χ1v) is 7.83. The largest absolute Gasteiger partial charge is 0.471 e. The number of rotatable bonds is 4. The Kier molecular flexibility index (Phi) is 4.51. The Morgan fingerprint density at radius 2 is 1.13 bits per heavy atom. The van der Waals surface area contributed by atoms with E-state index in [1.54, 1.807) is 0 Å². The third-order valence-electron chi connectivity index (χ3n) is 3.56. The summed E-state index contributed by atoms with van der Waals surface area (Å²) in [5.74, 6) is -3.52. The molecule has 0 unspecified atom stereocenters. The molecule has 3 heterocycles. The van der Waals surface area contributed by atoms with E-state index in [4.69, 9.17) is 4.52 Å². The van der Waals surface area contributed by atoms with Gasteiger partial charge in [0, 0.05) is 11.1 Å². The Morgan fingerprint density at radius 1 is 0.633 bits per heavy atom. The smallest absolute Gasteiger partial charge is 0.338 e. The van der Waals surface area contributed by atoms with Gasteiger partial charge in [-0.3, -0.25) is 0 Å². The molecule has 15 heteroatoms. The van der Waals surface area contributed by atoms with Crippen LogP contribution in [-0.2, 0) is 18.8 Å². The summed E-state index contributed by atoms with van der Waals surface area (Å²) in [6, 6.07) is 5.74. The fraction of sp³-hybridized carbons (Fsp3) is 0.200. The molecule has 156 valence electrons. The van der Waals surface area contributed by atoms with E-state index in [9.17, 15) is 26.3 Å². The molecule has 4 rings (SSSR count). The molecular formula is C15H6F6N6O3. The highest BCUT2D eigenvalue weighted by Crippen LogP contribution is 2.30. The number of alkyl halides is 6. The molecule has 0 aliphatic carbocycles. The van der Waals surface area contributed by atoms with E-state index < -0.39 is 24.1 Å². The number of hydrogen-bond donors (Lipinski definition) is 0. The maximum Gasteiger partial charge on any atom is 0.471 e. The maximum absolute atomic E-state index is 12.5. The second-order valence-corrected chi connectivity index (χ2v) is 5.70. The molecule has 0 spiro atoms. The number of benzene rings is 1. The molecule has 0 saturated heterocycles. The normalized spacial score (nSPS) is 12.5. The van der Waals surface area contributed by atoms with Gasteiger partial charge < -0.3 is 13.6 Å². The van der Waals surface area contributed by atoms with Crippen LogP contribution in [0.25, 0.3) is 22.8 Å². The van der Waals surface area contributed by atoms with Crippen LogP contribution in [0.2, 0.25) is 0 Å². The summed E-state index contributed by atoms with van der Waals surface area (Å²) in [4.78, 5) is 10.5. The van der Waals surface area contributed by atoms with E-state index in [2.05, 4.69) is 39.5 Å². The van der Waals surface area contributed by atoms with Crippen molar-refractivity contribution in [1.29, 1.82) is 0 Å². The number of aromatic nitrogens is 6. The average molecular weight is 432 g/mol. The monoisotopic (exact) mass is 432 g/mol. The van der Waals surface area contributed by atoms with Gasteiger partial charge in [0.05, 0.1) is 6.42 Å². The van der Waals surface area contributed by atoms with Crippen molar-refractivity contribution >= 4 is 0 Å². The Morgan fingerprint density at radius 3 is 1.67 bits per heavy atom. The zero-order valence-corrected chi connectivity index (χ0v) is 14.2. The summed E-state index contributed by atoms with van der Waals surface area (Å²) in [5, 5.41) is 10.1. The molecular weight excluding hydrogens is 426 g/mol. The predicted octanol–water partition coefficient (Wildman–Crippen LogP) is 3.80. The topological polar surface area (TPSA) is 117 Å². The molecule has 9 nitrogen and oxygen atoms in total. The highest BCUT2D eigenvalue weighted by Gasteiger charge is 2.39. The van der Waals surface area contributed by atoms with E-state index in [-0.39, 0.29) is 35.3 Å². The molecule has 3 aromatic heterocycles. The van der Waals surface area contributed by atoms with Crippen LogP contribution in [0.5, 0.6) is 0 Å². The van der Waals surface area contributed by atoms with Gasteiger partial charge in [-0.25, -0.2) is 0 Å². The van der Waals surface area contributed by atoms with Gasteiger partial charge in [-0.15, -0.1) is 0 Å². The van der Waals surface area contributed by atoms with Crippen LogP contribution in [0.4, 0.5) is 26.3 Å². The van der Waals surface area contributed by atoms with E-state index in [1.165, 1.54) is 24.3 Å². The fourth-order valence-electron chi connectivity index (χ4n) is 2.24. The lowest BCUT2D eigenvalue weighted by Crippen LogP contribution is -2.05. The Hall–Kier alpha value is -3.78. The molecule has 0 N–H and O–H groups in total. The van der Waals surface area contributed by atoms with Gasteiger partial charge >= 0.3 is 24.1 Å². The number of hydrogen-bond acceptors (Lipinski definition) is 9. The van der Waals surface area contributed by atoms with Crippen LogP contribution in [-0.4, -0.2) is 30.4 Å². The van der Waals surface area contributed by atoms with Crippen LogP contribution in [0.1, 0.15) is 23.5 Å². The number of halogens is 6. The van der Waals surface area contributed by atoms with Crippen LogP contribution in [0.15, 0.2) is 37.8 Å². The van der Waals surface area contributed by atoms with Crippen LogP contribution >= 0.6 is 0 Å². The van der Waals surface area contributed by atoms with Crippen molar-refractivity contribution in [3.8, 4) is 22.8 Å². The maximum atomic E-state index is 12.5. The minimum Gasteiger partial charge on any atom is -0.338 e. The Bertz CT molecular complexity index is 1160. The zero-order valence-electron chi connectivity index (χ0n) is 14.2. The summed E-state index contributed by atoms with van der Waals surface area (Å²) in [5.41, 5.74) is 0.658. The quantitative estimate of drug-likeness (QED) is 0.444. The van der Waals surface area contributed by atoms with Crippen molar-refractivity contribution in [3.63, 3.8) is 0 Å². The van der Waals surface area contributed by atoms with Crippen LogP contribution in [0.3, 0.4) is 0 Å². The first-order valence-electron chi connectivity index (χ1n) is 7.83.